The first kappa shape index (κ1) is 21.3. The highest BCUT2D eigenvalue weighted by Gasteiger charge is 2.44. The van der Waals surface area contributed by atoms with Gasteiger partial charge in [0.25, 0.3) is 0 Å². The summed E-state index contributed by atoms with van der Waals surface area (Å²) in [6, 6.07) is 0. The van der Waals surface area contributed by atoms with Crippen molar-refractivity contribution in [2.24, 2.45) is 4.99 Å². The van der Waals surface area contributed by atoms with Crippen molar-refractivity contribution in [2.45, 2.75) is 86.8 Å². The number of allylic oxidation sites excluding steroid dienone is 1. The molecule has 1 aliphatic carbocycles. The van der Waals surface area contributed by atoms with Gasteiger partial charge in [0, 0.05) is 18.9 Å². The predicted molar refractivity (Wildman–Crippen MR) is 120 cm³/mol. The second-order valence-electron chi connectivity index (χ2n) is 7.57. The normalized spacial score (nSPS) is 22.7. The van der Waals surface area contributed by atoms with Crippen LogP contribution in [0.25, 0.3) is 0 Å². The van der Waals surface area contributed by atoms with Crippen LogP contribution in [0.5, 0.6) is 0 Å². The lowest BCUT2D eigenvalue weighted by Crippen LogP contribution is -2.21. The van der Waals surface area contributed by atoms with Crippen molar-refractivity contribution < 1.29 is 9.47 Å². The molecule has 3 aliphatic rings. The summed E-state index contributed by atoms with van der Waals surface area (Å²) in [4.78, 5) is 15.8. The van der Waals surface area contributed by atoms with Crippen LogP contribution in [0.15, 0.2) is 32.4 Å². The first-order chi connectivity index (χ1) is 14.3. The van der Waals surface area contributed by atoms with E-state index < -0.39 is 0 Å². The molecule has 158 valence electrons. The molecule has 1 aromatic rings. The van der Waals surface area contributed by atoms with E-state index in [9.17, 15) is 0 Å². The van der Waals surface area contributed by atoms with E-state index in [-0.39, 0.29) is 11.7 Å². The zero-order valence-electron chi connectivity index (χ0n) is 17.6. The van der Waals surface area contributed by atoms with Crippen LogP contribution in [0.1, 0.15) is 70.9 Å². The highest BCUT2D eigenvalue weighted by atomic mass is 32.2. The largest absolute Gasteiger partial charge is 0.352 e. The number of nitrogens with zero attached hydrogens (tertiary/aromatic N) is 3. The SMILES string of the molecule is CCCCC1=N[C@H]2Sc3c(SCC(OCC)OCC)ncnc3[C@H]2C2=C1CCC2. The smallest absolute Gasteiger partial charge is 0.166 e. The van der Waals surface area contributed by atoms with Gasteiger partial charge in [0.15, 0.2) is 6.29 Å². The fourth-order valence-corrected chi connectivity index (χ4v) is 6.93. The zero-order chi connectivity index (χ0) is 20.2. The number of aliphatic imine (C=N–C) groups is 1. The van der Waals surface area contributed by atoms with Gasteiger partial charge in [-0.15, -0.1) is 0 Å². The average molecular weight is 434 g/mol. The average Bonchev–Trinajstić information content (AvgIpc) is 3.35. The lowest BCUT2D eigenvalue weighted by Gasteiger charge is -2.26. The van der Waals surface area contributed by atoms with Crippen LogP contribution in [-0.4, -0.2) is 46.3 Å². The van der Waals surface area contributed by atoms with Gasteiger partial charge in [-0.3, -0.25) is 4.99 Å². The lowest BCUT2D eigenvalue weighted by atomic mass is 9.87. The molecular formula is C22H31N3O2S2. The molecule has 0 N–H and O–H groups in total. The van der Waals surface area contributed by atoms with Crippen LogP contribution in [0.2, 0.25) is 0 Å². The Balaban J connectivity index is 1.57. The molecule has 0 unspecified atom stereocenters. The fraction of sp³-hybridized carbons (Fsp3) is 0.682. The van der Waals surface area contributed by atoms with Gasteiger partial charge in [-0.2, -0.15) is 0 Å². The van der Waals surface area contributed by atoms with Crippen molar-refractivity contribution in [3.63, 3.8) is 0 Å². The Morgan fingerprint density at radius 1 is 1.17 bits per heavy atom. The van der Waals surface area contributed by atoms with Gasteiger partial charge in [0.1, 0.15) is 16.7 Å². The molecule has 0 radical (unpaired) electrons. The third-order valence-electron chi connectivity index (χ3n) is 5.71. The monoisotopic (exact) mass is 433 g/mol. The highest BCUT2D eigenvalue weighted by molar-refractivity contribution is 8.02. The molecule has 1 aromatic heterocycles. The van der Waals surface area contributed by atoms with Crippen LogP contribution in [0.3, 0.4) is 0 Å². The molecule has 2 atom stereocenters. The van der Waals surface area contributed by atoms with Crippen LogP contribution in [0.4, 0.5) is 0 Å². The summed E-state index contributed by atoms with van der Waals surface area (Å²) < 4.78 is 11.4. The van der Waals surface area contributed by atoms with Crippen molar-refractivity contribution in [3.05, 3.63) is 23.2 Å². The van der Waals surface area contributed by atoms with E-state index in [0.29, 0.717) is 19.1 Å². The Hall–Kier alpha value is -0.890. The summed E-state index contributed by atoms with van der Waals surface area (Å²) in [5.74, 6) is 1.08. The Bertz CT molecular complexity index is 790. The standard InChI is InChI=1S/C22H31N3O2S2/c1-4-7-11-16-14-9-8-10-15(14)18-19-20(29-21(18)25-16)22(24-13-23-19)28-12-17(26-5-2)27-6-3/h13,17-18,21H,4-12H2,1-3H3/t18-,21+/m1/s1. The number of aromatic nitrogens is 2. The maximum Gasteiger partial charge on any atom is 0.166 e. The van der Waals surface area contributed by atoms with Crippen molar-refractivity contribution >= 4 is 29.2 Å². The molecule has 0 saturated heterocycles. The molecule has 3 heterocycles. The lowest BCUT2D eigenvalue weighted by molar-refractivity contribution is -0.120. The molecule has 0 spiro atoms. The summed E-state index contributed by atoms with van der Waals surface area (Å²) >= 11 is 3.57. The summed E-state index contributed by atoms with van der Waals surface area (Å²) in [5, 5.41) is 1.28. The number of ether oxygens (including phenoxy) is 2. The topological polar surface area (TPSA) is 56.6 Å². The van der Waals surface area contributed by atoms with E-state index in [4.69, 9.17) is 19.5 Å². The van der Waals surface area contributed by atoms with Crippen molar-refractivity contribution in [1.29, 1.82) is 0 Å². The van der Waals surface area contributed by atoms with Crippen molar-refractivity contribution in [2.75, 3.05) is 19.0 Å². The molecule has 4 rings (SSSR count). The molecule has 0 saturated carbocycles. The van der Waals surface area contributed by atoms with E-state index in [1.165, 1.54) is 48.4 Å². The second kappa shape index (κ2) is 9.94. The minimum atomic E-state index is -0.197. The molecule has 29 heavy (non-hydrogen) atoms. The van der Waals surface area contributed by atoms with Crippen molar-refractivity contribution in [1.82, 2.24) is 9.97 Å². The maximum atomic E-state index is 5.70. The number of hydrogen-bond donors (Lipinski definition) is 0. The molecule has 2 aliphatic heterocycles. The first-order valence-electron chi connectivity index (χ1n) is 10.9. The van der Waals surface area contributed by atoms with Gasteiger partial charge in [-0.1, -0.05) is 42.4 Å². The van der Waals surface area contributed by atoms with Crippen LogP contribution < -0.4 is 0 Å². The molecule has 0 fully saturated rings. The van der Waals surface area contributed by atoms with Crippen LogP contribution in [-0.2, 0) is 9.47 Å². The zero-order valence-corrected chi connectivity index (χ0v) is 19.3. The molecule has 0 amide bonds. The summed E-state index contributed by atoms with van der Waals surface area (Å²) in [6.07, 6.45) is 8.74. The van der Waals surface area contributed by atoms with Gasteiger partial charge in [-0.05, 0) is 51.5 Å². The molecule has 5 nitrogen and oxygen atoms in total. The minimum Gasteiger partial charge on any atom is -0.352 e. The van der Waals surface area contributed by atoms with E-state index in [1.807, 2.05) is 25.6 Å². The van der Waals surface area contributed by atoms with Gasteiger partial charge >= 0.3 is 0 Å². The molecule has 0 bridgehead atoms. The highest BCUT2D eigenvalue weighted by Crippen LogP contribution is 2.56. The molecule has 7 heteroatoms. The summed E-state index contributed by atoms with van der Waals surface area (Å²) in [5.41, 5.74) is 5.72. The Morgan fingerprint density at radius 2 is 2.00 bits per heavy atom. The Morgan fingerprint density at radius 3 is 2.76 bits per heavy atom. The van der Waals surface area contributed by atoms with E-state index in [0.717, 1.165) is 17.2 Å². The number of thioether (sulfide) groups is 2. The van der Waals surface area contributed by atoms with E-state index in [2.05, 4.69) is 11.9 Å². The predicted octanol–water partition coefficient (Wildman–Crippen LogP) is 5.61. The van der Waals surface area contributed by atoms with Crippen molar-refractivity contribution in [3.8, 4) is 0 Å². The molecular weight excluding hydrogens is 402 g/mol. The number of hydrogen-bond acceptors (Lipinski definition) is 7. The Labute approximate surface area is 182 Å². The summed E-state index contributed by atoms with van der Waals surface area (Å²) in [6.45, 7) is 7.56. The van der Waals surface area contributed by atoms with Gasteiger partial charge < -0.3 is 9.47 Å². The van der Waals surface area contributed by atoms with Gasteiger partial charge in [0.2, 0.25) is 0 Å². The Kier molecular flexibility index (Phi) is 7.32. The second-order valence-corrected chi connectivity index (χ2v) is 9.70. The van der Waals surface area contributed by atoms with Gasteiger partial charge in [0.05, 0.1) is 22.3 Å². The minimum absolute atomic E-state index is 0.197. The van der Waals surface area contributed by atoms with Crippen LogP contribution >= 0.6 is 23.5 Å². The number of dihydropyridines is 1. The molecule has 0 aromatic carbocycles. The number of rotatable bonds is 10. The third kappa shape index (κ3) is 4.43. The third-order valence-corrected chi connectivity index (χ3v) is 8.12. The first-order valence-corrected chi connectivity index (χ1v) is 12.8. The maximum absolute atomic E-state index is 5.70. The van der Waals surface area contributed by atoms with E-state index in [1.54, 1.807) is 29.2 Å². The van der Waals surface area contributed by atoms with E-state index >= 15 is 0 Å². The van der Waals surface area contributed by atoms with Gasteiger partial charge in [-0.25, -0.2) is 9.97 Å². The van der Waals surface area contributed by atoms with Crippen LogP contribution in [0, 0.1) is 0 Å². The quantitative estimate of drug-likeness (QED) is 0.272. The number of fused-ring (bicyclic) bond motifs is 4. The number of unbranched alkanes of at least 4 members (excludes halogenated alkanes) is 1. The fourth-order valence-electron chi connectivity index (χ4n) is 4.46. The summed E-state index contributed by atoms with van der Waals surface area (Å²) in [7, 11) is 0.